The van der Waals surface area contributed by atoms with Gasteiger partial charge in [0.2, 0.25) is 0 Å². The van der Waals surface area contributed by atoms with E-state index >= 15 is 0 Å². The van der Waals surface area contributed by atoms with Gasteiger partial charge in [0.25, 0.3) is 0 Å². The number of rotatable bonds is 4. The zero-order chi connectivity index (χ0) is 15.1. The van der Waals surface area contributed by atoms with Crippen LogP contribution in [0.5, 0.6) is 11.5 Å². The van der Waals surface area contributed by atoms with Crippen LogP contribution < -0.4 is 15.2 Å². The first-order valence-electron chi connectivity index (χ1n) is 5.90. The average molecular weight is 289 g/mol. The minimum absolute atomic E-state index is 0.0140. The quantitative estimate of drug-likeness (QED) is 0.914. The molecule has 1 aromatic carbocycles. The molecule has 1 aromatic rings. The summed E-state index contributed by atoms with van der Waals surface area (Å²) < 4.78 is 29.9. The second-order valence-electron chi connectivity index (χ2n) is 4.27. The van der Waals surface area contributed by atoms with Crippen LogP contribution in [0.1, 0.15) is 25.5 Å². The molecule has 0 saturated heterocycles. The molecule has 5 nitrogen and oxygen atoms in total. The molecule has 110 valence electrons. The maximum absolute atomic E-state index is 9.63. The maximum atomic E-state index is 9.63. The van der Waals surface area contributed by atoms with Crippen LogP contribution in [-0.2, 0) is 9.84 Å². The van der Waals surface area contributed by atoms with Crippen LogP contribution in [0.25, 0.3) is 0 Å². The highest BCUT2D eigenvalue weighted by molar-refractivity contribution is 7.89. The molecule has 0 aromatic heterocycles. The second kappa shape index (κ2) is 8.01. The molecule has 0 aliphatic heterocycles. The Morgan fingerprint density at radius 1 is 1.26 bits per heavy atom. The molecule has 0 saturated carbocycles. The van der Waals surface area contributed by atoms with E-state index < -0.39 is 9.84 Å². The van der Waals surface area contributed by atoms with Gasteiger partial charge in [-0.2, -0.15) is 0 Å². The summed E-state index contributed by atoms with van der Waals surface area (Å²) in [5.74, 6) is 1.50. The topological polar surface area (TPSA) is 78.6 Å². The lowest BCUT2D eigenvalue weighted by molar-refractivity contribution is 0.310. The number of methoxy groups -OCH3 is 1. The van der Waals surface area contributed by atoms with Gasteiger partial charge in [-0.1, -0.05) is 6.07 Å². The zero-order valence-corrected chi connectivity index (χ0v) is 13.0. The van der Waals surface area contributed by atoms with Crippen LogP contribution in [0.2, 0.25) is 0 Å². The molecule has 1 unspecified atom stereocenters. The summed E-state index contributed by atoms with van der Waals surface area (Å²) in [6, 6.07) is 5.77. The normalized spacial score (nSPS) is 12.1. The molecule has 0 spiro atoms. The summed E-state index contributed by atoms with van der Waals surface area (Å²) in [5, 5.41) is 0. The van der Waals surface area contributed by atoms with E-state index in [1.165, 1.54) is 0 Å². The van der Waals surface area contributed by atoms with E-state index in [1.807, 2.05) is 32.0 Å². The summed E-state index contributed by atoms with van der Waals surface area (Å²) >= 11 is 0. The molecular weight excluding hydrogens is 266 g/mol. The fourth-order valence-corrected chi connectivity index (χ4v) is 1.24. The van der Waals surface area contributed by atoms with Crippen molar-refractivity contribution in [3.63, 3.8) is 0 Å². The fourth-order valence-electron chi connectivity index (χ4n) is 1.24. The smallest absolute Gasteiger partial charge is 0.161 e. The highest BCUT2D eigenvalue weighted by Crippen LogP contribution is 2.29. The van der Waals surface area contributed by atoms with Crippen molar-refractivity contribution < 1.29 is 17.9 Å². The van der Waals surface area contributed by atoms with Crippen LogP contribution >= 0.6 is 0 Å². The van der Waals surface area contributed by atoms with E-state index in [2.05, 4.69) is 0 Å². The summed E-state index contributed by atoms with van der Waals surface area (Å²) in [7, 11) is -1.04. The van der Waals surface area contributed by atoms with Crippen molar-refractivity contribution in [2.45, 2.75) is 19.9 Å². The van der Waals surface area contributed by atoms with Crippen molar-refractivity contribution in [3.05, 3.63) is 23.8 Å². The number of hydrogen-bond acceptors (Lipinski definition) is 5. The Balaban J connectivity index is 0.000000555. The molecule has 0 fully saturated rings. The Morgan fingerprint density at radius 3 is 2.16 bits per heavy atom. The summed E-state index contributed by atoms with van der Waals surface area (Å²) in [5.41, 5.74) is 6.82. The Hall–Kier alpha value is -1.27. The Labute approximate surface area is 115 Å². The lowest BCUT2D eigenvalue weighted by atomic mass is 10.1. The molecule has 0 radical (unpaired) electrons. The monoisotopic (exact) mass is 289 g/mol. The van der Waals surface area contributed by atoms with Crippen molar-refractivity contribution in [2.75, 3.05) is 26.2 Å². The molecule has 0 amide bonds. The van der Waals surface area contributed by atoms with Gasteiger partial charge in [0.15, 0.2) is 11.5 Å². The molecule has 1 atom stereocenters. The number of hydrogen-bond donors (Lipinski definition) is 1. The third kappa shape index (κ3) is 8.45. The molecule has 6 heteroatoms. The molecule has 0 aliphatic rings. The number of benzene rings is 1. The van der Waals surface area contributed by atoms with Crippen molar-refractivity contribution in [1.82, 2.24) is 0 Å². The Morgan fingerprint density at radius 2 is 1.79 bits per heavy atom. The van der Waals surface area contributed by atoms with Crippen LogP contribution in [0, 0.1) is 0 Å². The van der Waals surface area contributed by atoms with Gasteiger partial charge in [0, 0.05) is 18.6 Å². The van der Waals surface area contributed by atoms with Crippen molar-refractivity contribution in [1.29, 1.82) is 0 Å². The third-order valence-corrected chi connectivity index (χ3v) is 2.01. The first kappa shape index (κ1) is 17.7. The molecule has 19 heavy (non-hydrogen) atoms. The van der Waals surface area contributed by atoms with Crippen molar-refractivity contribution >= 4 is 9.84 Å². The van der Waals surface area contributed by atoms with Gasteiger partial charge in [-0.3, -0.25) is 0 Å². The molecule has 2 N–H and O–H groups in total. The largest absolute Gasteiger partial charge is 0.493 e. The van der Waals surface area contributed by atoms with E-state index in [9.17, 15) is 8.42 Å². The number of nitrogens with two attached hydrogens (primary N) is 1. The molecular formula is C13H23NO4S. The summed E-state index contributed by atoms with van der Waals surface area (Å²) in [6.45, 7) is 4.51. The molecule has 0 heterocycles. The highest BCUT2D eigenvalue weighted by Gasteiger charge is 2.07. The van der Waals surface area contributed by atoms with E-state index in [0.717, 1.165) is 29.6 Å². The molecule has 0 bridgehead atoms. The van der Waals surface area contributed by atoms with Gasteiger partial charge >= 0.3 is 0 Å². The maximum Gasteiger partial charge on any atom is 0.161 e. The van der Waals surface area contributed by atoms with Gasteiger partial charge in [-0.05, 0) is 31.5 Å². The fraction of sp³-hybridized carbons (Fsp3) is 0.538. The van der Waals surface area contributed by atoms with Crippen LogP contribution in [-0.4, -0.2) is 34.6 Å². The predicted octanol–water partition coefficient (Wildman–Crippen LogP) is 1.77. The summed E-state index contributed by atoms with van der Waals surface area (Å²) in [6.07, 6.45) is 2.32. The van der Waals surface area contributed by atoms with Crippen molar-refractivity contribution in [3.8, 4) is 11.5 Å². The average Bonchev–Trinajstić information content (AvgIpc) is 2.27. The van der Waals surface area contributed by atoms with E-state index in [-0.39, 0.29) is 6.04 Å². The highest BCUT2D eigenvalue weighted by atomic mass is 32.2. The number of sulfone groups is 1. The Bertz CT molecular complexity index is 475. The van der Waals surface area contributed by atoms with Gasteiger partial charge in [-0.25, -0.2) is 8.42 Å². The van der Waals surface area contributed by atoms with Crippen LogP contribution in [0.4, 0.5) is 0 Å². The minimum Gasteiger partial charge on any atom is -0.493 e. The first-order chi connectivity index (χ1) is 8.69. The first-order valence-corrected chi connectivity index (χ1v) is 8.20. The standard InChI is InChI=1S/C11H17NO2.C2H6O2S/c1-4-14-11-7-9(8(2)12)5-6-10(11)13-3;1-5(2,3)4/h5-8H,4,12H2,1-3H3;1-2H3. The van der Waals surface area contributed by atoms with E-state index in [1.54, 1.807) is 7.11 Å². The van der Waals surface area contributed by atoms with E-state index in [0.29, 0.717) is 6.61 Å². The van der Waals surface area contributed by atoms with Gasteiger partial charge in [0.05, 0.1) is 13.7 Å². The lowest BCUT2D eigenvalue weighted by Gasteiger charge is -2.12. The van der Waals surface area contributed by atoms with Gasteiger partial charge in [-0.15, -0.1) is 0 Å². The van der Waals surface area contributed by atoms with Crippen LogP contribution in [0.3, 0.4) is 0 Å². The third-order valence-electron chi connectivity index (χ3n) is 2.01. The van der Waals surface area contributed by atoms with E-state index in [4.69, 9.17) is 15.2 Å². The van der Waals surface area contributed by atoms with Gasteiger partial charge < -0.3 is 15.2 Å². The Kier molecular flexibility index (Phi) is 7.48. The van der Waals surface area contributed by atoms with Crippen molar-refractivity contribution in [2.24, 2.45) is 5.73 Å². The predicted molar refractivity (Wildman–Crippen MR) is 77.5 cm³/mol. The molecule has 1 rings (SSSR count). The second-order valence-corrected chi connectivity index (χ2v) is 6.56. The number of ether oxygens (including phenoxy) is 2. The zero-order valence-electron chi connectivity index (χ0n) is 12.1. The van der Waals surface area contributed by atoms with Gasteiger partial charge in [0.1, 0.15) is 9.84 Å². The lowest BCUT2D eigenvalue weighted by Crippen LogP contribution is -2.05. The molecule has 0 aliphatic carbocycles. The SMILES string of the molecule is CCOc1cc(C(C)N)ccc1OC.CS(C)(=O)=O. The minimum atomic E-state index is -2.67. The van der Waals surface area contributed by atoms with Crippen LogP contribution in [0.15, 0.2) is 18.2 Å². The summed E-state index contributed by atoms with van der Waals surface area (Å²) in [4.78, 5) is 0.